The first kappa shape index (κ1) is 14.5. The van der Waals surface area contributed by atoms with Gasteiger partial charge in [0, 0.05) is 5.69 Å². The zero-order valence-corrected chi connectivity index (χ0v) is 11.5. The highest BCUT2D eigenvalue weighted by Gasteiger charge is 2.06. The predicted molar refractivity (Wildman–Crippen MR) is 79.4 cm³/mol. The van der Waals surface area contributed by atoms with Crippen molar-refractivity contribution in [3.63, 3.8) is 0 Å². The van der Waals surface area contributed by atoms with E-state index in [0.717, 1.165) is 11.6 Å². The van der Waals surface area contributed by atoms with Crippen LogP contribution in [0.25, 0.3) is 0 Å². The molecule has 2 aromatic rings. The zero-order chi connectivity index (χ0) is 15.2. The lowest BCUT2D eigenvalue weighted by Crippen LogP contribution is -2.22. The van der Waals surface area contributed by atoms with Crippen LogP contribution in [0.3, 0.4) is 0 Å². The molecular weight excluding hydrogens is 269 g/mol. The number of hydrogen-bond donors (Lipinski definition) is 2. The molecule has 0 aromatic heterocycles. The Hall–Kier alpha value is -2.87. The third-order valence-electron chi connectivity index (χ3n) is 2.87. The van der Waals surface area contributed by atoms with Crippen LogP contribution < -0.4 is 10.6 Å². The van der Waals surface area contributed by atoms with Gasteiger partial charge in [0.2, 0.25) is 5.91 Å². The molecule has 21 heavy (non-hydrogen) atoms. The van der Waals surface area contributed by atoms with Crippen molar-refractivity contribution in [3.05, 3.63) is 59.4 Å². The Kier molecular flexibility index (Phi) is 4.52. The van der Waals surface area contributed by atoms with Gasteiger partial charge in [-0.2, -0.15) is 5.26 Å². The molecule has 0 spiro atoms. The van der Waals surface area contributed by atoms with Gasteiger partial charge in [0.25, 0.3) is 0 Å². The van der Waals surface area contributed by atoms with E-state index in [-0.39, 0.29) is 23.7 Å². The third-order valence-corrected chi connectivity index (χ3v) is 2.87. The summed E-state index contributed by atoms with van der Waals surface area (Å²) >= 11 is 0. The molecule has 0 aliphatic heterocycles. The number of amides is 1. The molecule has 0 aliphatic carbocycles. The minimum absolute atomic E-state index is 0.0588. The fourth-order valence-electron chi connectivity index (χ4n) is 1.75. The van der Waals surface area contributed by atoms with Crippen molar-refractivity contribution in [1.82, 2.24) is 0 Å². The van der Waals surface area contributed by atoms with Crippen LogP contribution in [0.4, 0.5) is 15.8 Å². The summed E-state index contributed by atoms with van der Waals surface area (Å²) < 4.78 is 13.6. The largest absolute Gasteiger partial charge is 0.374 e. The number of nitrogens with zero attached hydrogens (tertiary/aromatic N) is 1. The molecule has 5 heteroatoms. The van der Waals surface area contributed by atoms with E-state index in [9.17, 15) is 9.18 Å². The van der Waals surface area contributed by atoms with E-state index >= 15 is 0 Å². The molecule has 0 atom stereocenters. The summed E-state index contributed by atoms with van der Waals surface area (Å²) in [6, 6.07) is 13.3. The fraction of sp³-hybridized carbons (Fsp3) is 0.125. The van der Waals surface area contributed by atoms with Gasteiger partial charge in [0.15, 0.2) is 0 Å². The Bertz CT molecular complexity index is 690. The highest BCUT2D eigenvalue weighted by molar-refractivity contribution is 5.93. The van der Waals surface area contributed by atoms with Crippen LogP contribution in [0.1, 0.15) is 11.1 Å². The summed E-state index contributed by atoms with van der Waals surface area (Å²) in [7, 11) is 0. The number of carbonyl (C=O) groups is 1. The number of benzene rings is 2. The van der Waals surface area contributed by atoms with Crippen molar-refractivity contribution in [1.29, 1.82) is 5.26 Å². The van der Waals surface area contributed by atoms with Crippen molar-refractivity contribution >= 4 is 17.3 Å². The molecule has 2 aromatic carbocycles. The third kappa shape index (κ3) is 4.05. The molecule has 1 amide bonds. The van der Waals surface area contributed by atoms with Crippen LogP contribution in [0.15, 0.2) is 42.5 Å². The van der Waals surface area contributed by atoms with E-state index < -0.39 is 5.82 Å². The first-order chi connectivity index (χ1) is 10.1. The lowest BCUT2D eigenvalue weighted by Gasteiger charge is -2.09. The number of rotatable bonds is 4. The van der Waals surface area contributed by atoms with E-state index in [2.05, 4.69) is 10.6 Å². The van der Waals surface area contributed by atoms with Gasteiger partial charge < -0.3 is 10.6 Å². The summed E-state index contributed by atoms with van der Waals surface area (Å²) in [5.41, 5.74) is 2.22. The monoisotopic (exact) mass is 283 g/mol. The van der Waals surface area contributed by atoms with Gasteiger partial charge in [0.1, 0.15) is 5.82 Å². The van der Waals surface area contributed by atoms with E-state index in [0.29, 0.717) is 5.69 Å². The van der Waals surface area contributed by atoms with Gasteiger partial charge in [-0.3, -0.25) is 4.79 Å². The Balaban J connectivity index is 1.92. The lowest BCUT2D eigenvalue weighted by molar-refractivity contribution is -0.114. The van der Waals surface area contributed by atoms with Crippen molar-refractivity contribution in [2.75, 3.05) is 17.2 Å². The topological polar surface area (TPSA) is 64.9 Å². The second kappa shape index (κ2) is 6.53. The lowest BCUT2D eigenvalue weighted by atomic mass is 10.2. The van der Waals surface area contributed by atoms with Crippen LogP contribution in [-0.2, 0) is 4.79 Å². The quantitative estimate of drug-likeness (QED) is 0.906. The van der Waals surface area contributed by atoms with E-state index in [1.807, 2.05) is 25.1 Å². The SMILES string of the molecule is Cc1ccc(NC(=O)CNc2ccc(C#N)cc2F)cc1. The van der Waals surface area contributed by atoms with E-state index in [1.54, 1.807) is 12.1 Å². The minimum Gasteiger partial charge on any atom is -0.374 e. The molecule has 106 valence electrons. The van der Waals surface area contributed by atoms with E-state index in [1.165, 1.54) is 12.1 Å². The van der Waals surface area contributed by atoms with Crippen molar-refractivity contribution in [3.8, 4) is 6.07 Å². The van der Waals surface area contributed by atoms with Crippen LogP contribution in [-0.4, -0.2) is 12.5 Å². The number of nitriles is 1. The molecular formula is C16H14FN3O. The van der Waals surface area contributed by atoms with Gasteiger partial charge in [-0.15, -0.1) is 0 Å². The Labute approximate surface area is 122 Å². The van der Waals surface area contributed by atoms with Gasteiger partial charge in [-0.25, -0.2) is 4.39 Å². The molecule has 0 saturated carbocycles. The van der Waals surface area contributed by atoms with Crippen LogP contribution >= 0.6 is 0 Å². The summed E-state index contributed by atoms with van der Waals surface area (Å²) in [4.78, 5) is 11.8. The van der Waals surface area contributed by atoms with Crippen molar-refractivity contribution in [2.45, 2.75) is 6.92 Å². The fourth-order valence-corrected chi connectivity index (χ4v) is 1.75. The average molecular weight is 283 g/mol. The summed E-state index contributed by atoms with van der Waals surface area (Å²) in [6.07, 6.45) is 0. The van der Waals surface area contributed by atoms with Crippen LogP contribution in [0, 0.1) is 24.1 Å². The maximum absolute atomic E-state index is 13.6. The number of carbonyl (C=O) groups excluding carboxylic acids is 1. The summed E-state index contributed by atoms with van der Waals surface area (Å²) in [5, 5.41) is 14.1. The zero-order valence-electron chi connectivity index (χ0n) is 11.5. The first-order valence-corrected chi connectivity index (χ1v) is 6.38. The number of halogens is 1. The summed E-state index contributed by atoms with van der Waals surface area (Å²) in [6.45, 7) is 1.90. The number of hydrogen-bond acceptors (Lipinski definition) is 3. The van der Waals surface area contributed by atoms with Crippen LogP contribution in [0.2, 0.25) is 0 Å². The molecule has 0 heterocycles. The number of aryl methyl sites for hydroxylation is 1. The maximum Gasteiger partial charge on any atom is 0.243 e. The number of anilines is 2. The highest BCUT2D eigenvalue weighted by Crippen LogP contribution is 2.15. The molecule has 0 unspecified atom stereocenters. The van der Waals surface area contributed by atoms with Gasteiger partial charge in [0.05, 0.1) is 23.9 Å². The first-order valence-electron chi connectivity index (χ1n) is 6.38. The normalized spacial score (nSPS) is 9.76. The van der Waals surface area contributed by atoms with Crippen molar-refractivity contribution in [2.24, 2.45) is 0 Å². The molecule has 2 N–H and O–H groups in total. The predicted octanol–water partition coefficient (Wildman–Crippen LogP) is 3.06. The average Bonchev–Trinajstić information content (AvgIpc) is 2.48. The van der Waals surface area contributed by atoms with E-state index in [4.69, 9.17) is 5.26 Å². The Morgan fingerprint density at radius 1 is 1.24 bits per heavy atom. The Morgan fingerprint density at radius 2 is 1.95 bits per heavy atom. The molecule has 0 aliphatic rings. The summed E-state index contributed by atoms with van der Waals surface area (Å²) in [5.74, 6) is -0.834. The van der Waals surface area contributed by atoms with Gasteiger partial charge in [-0.05, 0) is 37.3 Å². The Morgan fingerprint density at radius 3 is 2.57 bits per heavy atom. The number of nitrogens with one attached hydrogen (secondary N) is 2. The molecule has 2 rings (SSSR count). The van der Waals surface area contributed by atoms with Gasteiger partial charge in [-0.1, -0.05) is 17.7 Å². The van der Waals surface area contributed by atoms with Crippen molar-refractivity contribution < 1.29 is 9.18 Å². The second-order valence-corrected chi connectivity index (χ2v) is 4.57. The molecule has 0 fully saturated rings. The molecule has 0 bridgehead atoms. The maximum atomic E-state index is 13.6. The minimum atomic E-state index is -0.558. The standard InChI is InChI=1S/C16H14FN3O/c1-11-2-5-13(6-3-11)20-16(21)10-19-15-7-4-12(9-18)8-14(15)17/h2-8,19H,10H2,1H3,(H,20,21). The second-order valence-electron chi connectivity index (χ2n) is 4.57. The molecule has 0 saturated heterocycles. The highest BCUT2D eigenvalue weighted by atomic mass is 19.1. The van der Waals surface area contributed by atoms with Gasteiger partial charge >= 0.3 is 0 Å². The van der Waals surface area contributed by atoms with Crippen LogP contribution in [0.5, 0.6) is 0 Å². The smallest absolute Gasteiger partial charge is 0.243 e. The molecule has 0 radical (unpaired) electrons. The molecule has 4 nitrogen and oxygen atoms in total.